The van der Waals surface area contributed by atoms with Gasteiger partial charge in [-0.3, -0.25) is 14.9 Å². The molecule has 7 rings (SSSR count). The van der Waals surface area contributed by atoms with Crippen molar-refractivity contribution in [3.8, 4) is 11.3 Å². The molecule has 0 amide bonds. The average molecular weight is 460 g/mol. The standard InChI is InChI=1S/C32H33N3/c1-22-16-25-18-31-28(13-14-30(34-31)26-17-24-10-5-6-12-29(24)33-20-26)32(19-22)27(25)11-7-15-35(32)21-23-8-3-2-4-9-23/h2-6,8-10,12-14,17,20,22,25,27H,7,11,15-16,18-19,21H2,1H3/t22-,25+,27-,32-/m1/s1. The molecule has 1 aliphatic heterocycles. The molecule has 3 nitrogen and oxygen atoms in total. The van der Waals surface area contributed by atoms with Crippen LogP contribution in [0.3, 0.4) is 0 Å². The van der Waals surface area contributed by atoms with Crippen LogP contribution in [0, 0.1) is 17.8 Å². The maximum absolute atomic E-state index is 5.36. The minimum Gasteiger partial charge on any atom is -0.289 e. The van der Waals surface area contributed by atoms with Crippen LogP contribution in [0.2, 0.25) is 0 Å². The van der Waals surface area contributed by atoms with E-state index < -0.39 is 0 Å². The van der Waals surface area contributed by atoms with Crippen LogP contribution >= 0.6 is 0 Å². The Morgan fingerprint density at radius 2 is 1.86 bits per heavy atom. The minimum absolute atomic E-state index is 0.122. The van der Waals surface area contributed by atoms with Gasteiger partial charge < -0.3 is 0 Å². The zero-order valence-electron chi connectivity index (χ0n) is 20.5. The Morgan fingerprint density at radius 3 is 2.77 bits per heavy atom. The molecule has 0 spiro atoms. The molecule has 2 aromatic heterocycles. The fraction of sp³-hybridized carbons (Fsp3) is 0.375. The first-order valence-electron chi connectivity index (χ1n) is 13.4. The molecule has 2 aromatic carbocycles. The van der Waals surface area contributed by atoms with E-state index in [0.29, 0.717) is 0 Å². The van der Waals surface area contributed by atoms with Gasteiger partial charge in [-0.2, -0.15) is 0 Å². The molecule has 0 unspecified atom stereocenters. The molecule has 176 valence electrons. The zero-order chi connectivity index (χ0) is 23.4. The number of rotatable bonds is 3. The highest BCUT2D eigenvalue weighted by atomic mass is 15.2. The van der Waals surface area contributed by atoms with Gasteiger partial charge in [-0.25, -0.2) is 0 Å². The number of hydrogen-bond acceptors (Lipinski definition) is 3. The van der Waals surface area contributed by atoms with E-state index in [1.807, 2.05) is 12.3 Å². The summed E-state index contributed by atoms with van der Waals surface area (Å²) < 4.78 is 0. The summed E-state index contributed by atoms with van der Waals surface area (Å²) in [4.78, 5) is 12.9. The van der Waals surface area contributed by atoms with Crippen LogP contribution in [0.4, 0.5) is 0 Å². The van der Waals surface area contributed by atoms with Crippen LogP contribution in [-0.2, 0) is 18.5 Å². The van der Waals surface area contributed by atoms with Gasteiger partial charge in [0, 0.05) is 29.4 Å². The lowest BCUT2D eigenvalue weighted by Gasteiger charge is -2.61. The van der Waals surface area contributed by atoms with Crippen molar-refractivity contribution in [2.75, 3.05) is 6.54 Å². The molecule has 1 saturated heterocycles. The van der Waals surface area contributed by atoms with Crippen LogP contribution in [0.25, 0.3) is 22.2 Å². The highest BCUT2D eigenvalue weighted by molar-refractivity contribution is 5.82. The minimum atomic E-state index is 0.122. The molecule has 0 N–H and O–H groups in total. The van der Waals surface area contributed by atoms with Crippen molar-refractivity contribution in [3.05, 3.63) is 95.8 Å². The molecule has 35 heavy (non-hydrogen) atoms. The summed E-state index contributed by atoms with van der Waals surface area (Å²) in [6, 6.07) is 26.4. The molecule has 1 saturated carbocycles. The van der Waals surface area contributed by atoms with E-state index in [4.69, 9.17) is 9.97 Å². The molecular weight excluding hydrogens is 426 g/mol. The first-order valence-corrected chi connectivity index (χ1v) is 13.4. The molecule has 4 aromatic rings. The van der Waals surface area contributed by atoms with Crippen molar-refractivity contribution in [3.63, 3.8) is 0 Å². The number of benzene rings is 2. The average Bonchev–Trinajstić information content (AvgIpc) is 2.89. The normalized spacial score (nSPS) is 27.9. The Labute approximate surface area is 208 Å². The molecule has 3 aliphatic rings. The molecule has 3 heterocycles. The van der Waals surface area contributed by atoms with Crippen molar-refractivity contribution >= 4 is 10.9 Å². The lowest BCUT2D eigenvalue weighted by Crippen LogP contribution is -2.61. The number of nitrogens with zero attached hydrogens (tertiary/aromatic N) is 3. The molecule has 4 atom stereocenters. The SMILES string of the molecule is C[C@@H]1C[C@H]2Cc3nc(-c4cnc5ccccc5c4)ccc3[C@@]3(C1)[C@@H]2CCCN3Cc1ccccc1. The summed E-state index contributed by atoms with van der Waals surface area (Å²) in [6.07, 6.45) is 8.39. The van der Waals surface area contributed by atoms with Gasteiger partial charge >= 0.3 is 0 Å². The summed E-state index contributed by atoms with van der Waals surface area (Å²) in [7, 11) is 0. The van der Waals surface area contributed by atoms with E-state index in [-0.39, 0.29) is 5.54 Å². The Hall–Kier alpha value is -3.04. The molecule has 2 bridgehead atoms. The van der Waals surface area contributed by atoms with Crippen LogP contribution in [0.15, 0.2) is 79.0 Å². The van der Waals surface area contributed by atoms with Crippen molar-refractivity contribution in [2.45, 2.75) is 51.1 Å². The number of hydrogen-bond donors (Lipinski definition) is 0. The smallest absolute Gasteiger partial charge is 0.0721 e. The van der Waals surface area contributed by atoms with Crippen molar-refractivity contribution in [2.24, 2.45) is 17.8 Å². The molecule has 2 fully saturated rings. The number of pyridine rings is 2. The maximum Gasteiger partial charge on any atom is 0.0721 e. The van der Waals surface area contributed by atoms with Crippen LogP contribution < -0.4 is 0 Å². The van der Waals surface area contributed by atoms with Crippen LogP contribution in [0.1, 0.15) is 49.4 Å². The maximum atomic E-state index is 5.36. The predicted molar refractivity (Wildman–Crippen MR) is 142 cm³/mol. The van der Waals surface area contributed by atoms with Crippen molar-refractivity contribution < 1.29 is 0 Å². The third-order valence-electron chi connectivity index (χ3n) is 9.05. The van der Waals surface area contributed by atoms with Gasteiger partial charge in [0.1, 0.15) is 0 Å². The highest BCUT2D eigenvalue weighted by Crippen LogP contribution is 2.59. The van der Waals surface area contributed by atoms with Crippen molar-refractivity contribution in [1.82, 2.24) is 14.9 Å². The lowest BCUT2D eigenvalue weighted by molar-refractivity contribution is -0.0967. The van der Waals surface area contributed by atoms with Gasteiger partial charge in [0.25, 0.3) is 0 Å². The third kappa shape index (κ3) is 3.43. The van der Waals surface area contributed by atoms with Crippen LogP contribution in [-0.4, -0.2) is 21.4 Å². The predicted octanol–water partition coefficient (Wildman–Crippen LogP) is 7.01. The first kappa shape index (κ1) is 21.3. The first-order chi connectivity index (χ1) is 17.2. The van der Waals surface area contributed by atoms with Gasteiger partial charge in [0.15, 0.2) is 0 Å². The highest BCUT2D eigenvalue weighted by Gasteiger charge is 2.57. The topological polar surface area (TPSA) is 29.0 Å². The summed E-state index contributed by atoms with van der Waals surface area (Å²) in [6.45, 7) is 4.70. The Bertz CT molecular complexity index is 1380. The summed E-state index contributed by atoms with van der Waals surface area (Å²) >= 11 is 0. The summed E-state index contributed by atoms with van der Waals surface area (Å²) in [5.41, 5.74) is 7.62. The fourth-order valence-corrected chi connectivity index (χ4v) is 7.78. The van der Waals surface area contributed by atoms with Gasteiger partial charge in [-0.1, -0.05) is 61.5 Å². The molecule has 2 aliphatic carbocycles. The number of piperidine rings is 1. The molecule has 0 radical (unpaired) electrons. The largest absolute Gasteiger partial charge is 0.289 e. The van der Waals surface area contributed by atoms with Crippen molar-refractivity contribution in [1.29, 1.82) is 0 Å². The Kier molecular flexibility index (Phi) is 5.02. The van der Waals surface area contributed by atoms with Gasteiger partial charge in [-0.15, -0.1) is 0 Å². The molecular formula is C32H33N3. The number of aromatic nitrogens is 2. The van der Waals surface area contributed by atoms with Crippen LogP contribution in [0.5, 0.6) is 0 Å². The monoisotopic (exact) mass is 459 g/mol. The number of fused-ring (bicyclic) bond motifs is 2. The fourth-order valence-electron chi connectivity index (χ4n) is 7.78. The summed E-state index contributed by atoms with van der Waals surface area (Å²) in [5.74, 6) is 2.24. The second-order valence-corrected chi connectivity index (χ2v) is 11.2. The number of likely N-dealkylation sites (tertiary alicyclic amines) is 1. The summed E-state index contributed by atoms with van der Waals surface area (Å²) in [5, 5.41) is 1.18. The van der Waals surface area contributed by atoms with E-state index >= 15 is 0 Å². The Morgan fingerprint density at radius 1 is 1.00 bits per heavy atom. The number of para-hydroxylation sites is 1. The van der Waals surface area contributed by atoms with Gasteiger partial charge in [0.05, 0.1) is 16.7 Å². The molecule has 3 heteroatoms. The van der Waals surface area contributed by atoms with E-state index in [1.54, 1.807) is 0 Å². The lowest BCUT2D eigenvalue weighted by atomic mass is 9.53. The quantitative estimate of drug-likeness (QED) is 0.330. The second-order valence-electron chi connectivity index (χ2n) is 11.2. The van der Waals surface area contributed by atoms with Gasteiger partial charge in [-0.05, 0) is 85.7 Å². The third-order valence-corrected chi connectivity index (χ3v) is 9.05. The van der Waals surface area contributed by atoms with E-state index in [9.17, 15) is 0 Å². The van der Waals surface area contributed by atoms with E-state index in [2.05, 4.69) is 78.6 Å². The van der Waals surface area contributed by atoms with Gasteiger partial charge in [0.2, 0.25) is 0 Å². The van der Waals surface area contributed by atoms with E-state index in [0.717, 1.165) is 47.5 Å². The zero-order valence-corrected chi connectivity index (χ0v) is 20.5. The van der Waals surface area contributed by atoms with E-state index in [1.165, 1.54) is 54.4 Å². The second kappa shape index (κ2) is 8.27. The Balaban J connectivity index is 1.34.